The number of likely N-dealkylation sites (tertiary alicyclic amines) is 1. The lowest BCUT2D eigenvalue weighted by Gasteiger charge is -2.13. The Kier molecular flexibility index (Phi) is 5.76. The SMILES string of the molecule is Cc1ccc(-c2nc(CN3CCC(CN)C3)cs2)cc1.Cl. The van der Waals surface area contributed by atoms with Crippen molar-refractivity contribution >= 4 is 23.7 Å². The molecule has 1 aliphatic heterocycles. The predicted molar refractivity (Wildman–Crippen MR) is 92.0 cm³/mol. The smallest absolute Gasteiger partial charge is 0.123 e. The van der Waals surface area contributed by atoms with Crippen LogP contribution in [0.1, 0.15) is 17.7 Å². The summed E-state index contributed by atoms with van der Waals surface area (Å²) in [5, 5.41) is 3.31. The average molecular weight is 324 g/mol. The van der Waals surface area contributed by atoms with Crippen LogP contribution in [0.15, 0.2) is 29.6 Å². The van der Waals surface area contributed by atoms with Crippen molar-refractivity contribution in [2.45, 2.75) is 19.9 Å². The zero-order valence-corrected chi connectivity index (χ0v) is 13.9. The molecule has 0 amide bonds. The Morgan fingerprint density at radius 3 is 2.76 bits per heavy atom. The van der Waals surface area contributed by atoms with Crippen LogP contribution in [0.25, 0.3) is 10.6 Å². The summed E-state index contributed by atoms with van der Waals surface area (Å²) in [7, 11) is 0. The number of halogens is 1. The molecule has 1 aromatic carbocycles. The summed E-state index contributed by atoms with van der Waals surface area (Å²) in [6.07, 6.45) is 1.23. The molecule has 0 saturated carbocycles. The summed E-state index contributed by atoms with van der Waals surface area (Å²) in [5.41, 5.74) is 9.43. The van der Waals surface area contributed by atoms with Gasteiger partial charge in [0.2, 0.25) is 0 Å². The van der Waals surface area contributed by atoms with Crippen molar-refractivity contribution in [2.24, 2.45) is 11.7 Å². The molecule has 1 fully saturated rings. The number of rotatable bonds is 4. The number of hydrogen-bond acceptors (Lipinski definition) is 4. The molecule has 2 N–H and O–H groups in total. The Morgan fingerprint density at radius 2 is 2.10 bits per heavy atom. The van der Waals surface area contributed by atoms with Gasteiger partial charge in [0.25, 0.3) is 0 Å². The maximum atomic E-state index is 5.74. The highest BCUT2D eigenvalue weighted by atomic mass is 35.5. The number of hydrogen-bond donors (Lipinski definition) is 1. The van der Waals surface area contributed by atoms with E-state index in [1.54, 1.807) is 11.3 Å². The topological polar surface area (TPSA) is 42.2 Å². The van der Waals surface area contributed by atoms with Crippen LogP contribution in [0.2, 0.25) is 0 Å². The van der Waals surface area contributed by atoms with Crippen LogP contribution in [0.5, 0.6) is 0 Å². The molecule has 0 aliphatic carbocycles. The molecule has 1 unspecified atom stereocenters. The molecular formula is C16H22ClN3S. The van der Waals surface area contributed by atoms with E-state index in [0.29, 0.717) is 5.92 Å². The van der Waals surface area contributed by atoms with Gasteiger partial charge in [0.1, 0.15) is 5.01 Å². The van der Waals surface area contributed by atoms with E-state index in [9.17, 15) is 0 Å². The van der Waals surface area contributed by atoms with Gasteiger partial charge >= 0.3 is 0 Å². The third kappa shape index (κ3) is 4.04. The summed E-state index contributed by atoms with van der Waals surface area (Å²) < 4.78 is 0. The zero-order valence-electron chi connectivity index (χ0n) is 12.3. The summed E-state index contributed by atoms with van der Waals surface area (Å²) in [6, 6.07) is 8.59. The summed E-state index contributed by atoms with van der Waals surface area (Å²) in [4.78, 5) is 7.23. The average Bonchev–Trinajstić information content (AvgIpc) is 3.09. The zero-order chi connectivity index (χ0) is 13.9. The van der Waals surface area contributed by atoms with Crippen LogP contribution in [0.4, 0.5) is 0 Å². The van der Waals surface area contributed by atoms with Gasteiger partial charge in [0.15, 0.2) is 0 Å². The van der Waals surface area contributed by atoms with E-state index >= 15 is 0 Å². The Bertz CT molecular complexity index is 567. The fraction of sp³-hybridized carbons (Fsp3) is 0.438. The van der Waals surface area contributed by atoms with E-state index in [1.807, 2.05) is 0 Å². The van der Waals surface area contributed by atoms with E-state index in [0.717, 1.165) is 31.2 Å². The summed E-state index contributed by atoms with van der Waals surface area (Å²) in [5.74, 6) is 0.671. The molecule has 3 rings (SSSR count). The Balaban J connectivity index is 0.00000161. The van der Waals surface area contributed by atoms with Crippen molar-refractivity contribution in [1.82, 2.24) is 9.88 Å². The van der Waals surface area contributed by atoms with Crippen LogP contribution >= 0.6 is 23.7 Å². The maximum Gasteiger partial charge on any atom is 0.123 e. The Morgan fingerprint density at radius 1 is 1.33 bits per heavy atom. The highest BCUT2D eigenvalue weighted by molar-refractivity contribution is 7.13. The lowest BCUT2D eigenvalue weighted by Crippen LogP contribution is -2.22. The first-order chi connectivity index (χ1) is 9.74. The lowest BCUT2D eigenvalue weighted by molar-refractivity contribution is 0.315. The lowest BCUT2D eigenvalue weighted by atomic mass is 10.1. The van der Waals surface area contributed by atoms with Gasteiger partial charge in [0, 0.05) is 24.0 Å². The Labute approximate surface area is 136 Å². The molecule has 5 heteroatoms. The van der Waals surface area contributed by atoms with E-state index in [-0.39, 0.29) is 12.4 Å². The molecule has 114 valence electrons. The number of aromatic nitrogens is 1. The summed E-state index contributed by atoms with van der Waals surface area (Å²) >= 11 is 1.74. The summed E-state index contributed by atoms with van der Waals surface area (Å²) in [6.45, 7) is 6.15. The van der Waals surface area contributed by atoms with E-state index in [4.69, 9.17) is 10.7 Å². The number of nitrogens with two attached hydrogens (primary N) is 1. The van der Waals surface area contributed by atoms with Crippen molar-refractivity contribution in [1.29, 1.82) is 0 Å². The van der Waals surface area contributed by atoms with Crippen LogP contribution in [-0.2, 0) is 6.54 Å². The van der Waals surface area contributed by atoms with Crippen molar-refractivity contribution in [3.63, 3.8) is 0 Å². The Hall–Kier alpha value is -0.940. The van der Waals surface area contributed by atoms with E-state index < -0.39 is 0 Å². The van der Waals surface area contributed by atoms with Gasteiger partial charge in [-0.1, -0.05) is 29.8 Å². The van der Waals surface area contributed by atoms with Gasteiger partial charge in [-0.05, 0) is 32.4 Å². The molecule has 21 heavy (non-hydrogen) atoms. The van der Waals surface area contributed by atoms with Crippen LogP contribution < -0.4 is 5.73 Å². The molecule has 3 nitrogen and oxygen atoms in total. The first kappa shape index (κ1) is 16.4. The van der Waals surface area contributed by atoms with Gasteiger partial charge in [-0.25, -0.2) is 4.98 Å². The third-order valence-corrected chi connectivity index (χ3v) is 4.88. The molecule has 2 heterocycles. The van der Waals surface area contributed by atoms with Crippen molar-refractivity contribution in [3.8, 4) is 10.6 Å². The van der Waals surface area contributed by atoms with E-state index in [1.165, 1.54) is 23.2 Å². The molecule has 0 bridgehead atoms. The minimum Gasteiger partial charge on any atom is -0.330 e. The fourth-order valence-electron chi connectivity index (χ4n) is 2.69. The highest BCUT2D eigenvalue weighted by Gasteiger charge is 2.21. The van der Waals surface area contributed by atoms with Gasteiger partial charge < -0.3 is 5.73 Å². The van der Waals surface area contributed by atoms with Crippen molar-refractivity contribution < 1.29 is 0 Å². The third-order valence-electron chi connectivity index (χ3n) is 3.94. The normalized spacial score (nSPS) is 18.7. The standard InChI is InChI=1S/C16H21N3S.ClH/c1-12-2-4-14(5-3-12)16-18-15(11-20-16)10-19-7-6-13(8-17)9-19;/h2-5,11,13H,6-10,17H2,1H3;1H. The number of thiazole rings is 1. The van der Waals surface area contributed by atoms with Crippen LogP contribution in [0.3, 0.4) is 0 Å². The van der Waals surface area contributed by atoms with Crippen molar-refractivity contribution in [2.75, 3.05) is 19.6 Å². The molecule has 1 aromatic heterocycles. The molecule has 0 spiro atoms. The monoisotopic (exact) mass is 323 g/mol. The molecular weight excluding hydrogens is 302 g/mol. The number of benzene rings is 1. The first-order valence-corrected chi connectivity index (χ1v) is 8.06. The molecule has 0 radical (unpaired) electrons. The van der Waals surface area contributed by atoms with E-state index in [2.05, 4.69) is 41.5 Å². The van der Waals surface area contributed by atoms with Gasteiger partial charge in [-0.15, -0.1) is 23.7 Å². The van der Waals surface area contributed by atoms with Gasteiger partial charge in [-0.3, -0.25) is 4.90 Å². The largest absolute Gasteiger partial charge is 0.330 e. The number of nitrogens with zero attached hydrogens (tertiary/aromatic N) is 2. The second kappa shape index (κ2) is 7.36. The van der Waals surface area contributed by atoms with Crippen LogP contribution in [0, 0.1) is 12.8 Å². The highest BCUT2D eigenvalue weighted by Crippen LogP contribution is 2.25. The van der Waals surface area contributed by atoms with Gasteiger partial charge in [-0.2, -0.15) is 0 Å². The fourth-order valence-corrected chi connectivity index (χ4v) is 3.50. The minimum absolute atomic E-state index is 0. The molecule has 1 saturated heterocycles. The minimum atomic E-state index is 0. The van der Waals surface area contributed by atoms with Crippen molar-refractivity contribution in [3.05, 3.63) is 40.9 Å². The predicted octanol–water partition coefficient (Wildman–Crippen LogP) is 3.32. The van der Waals surface area contributed by atoms with Gasteiger partial charge in [0.05, 0.1) is 5.69 Å². The maximum absolute atomic E-state index is 5.74. The first-order valence-electron chi connectivity index (χ1n) is 7.18. The molecule has 1 aliphatic rings. The quantitative estimate of drug-likeness (QED) is 0.938. The molecule has 1 atom stereocenters. The second-order valence-corrected chi connectivity index (χ2v) is 6.49. The van der Waals surface area contributed by atoms with Crippen LogP contribution in [-0.4, -0.2) is 29.5 Å². The molecule has 2 aromatic rings. The second-order valence-electron chi connectivity index (χ2n) is 5.64. The number of aryl methyl sites for hydroxylation is 1.